The van der Waals surface area contributed by atoms with Crippen LogP contribution in [0.4, 0.5) is 5.69 Å². The number of benzene rings is 1. The Bertz CT molecular complexity index is 503. The molecule has 7 heteroatoms. The van der Waals surface area contributed by atoms with Crippen molar-refractivity contribution in [2.75, 3.05) is 51.1 Å². The molecule has 0 saturated carbocycles. The Kier molecular flexibility index (Phi) is 6.94. The maximum Gasteiger partial charge on any atom is 0.242 e. The van der Waals surface area contributed by atoms with Gasteiger partial charge in [0.1, 0.15) is 0 Å². The first-order chi connectivity index (χ1) is 9.43. The van der Waals surface area contributed by atoms with E-state index < -0.39 is 10.0 Å². The van der Waals surface area contributed by atoms with E-state index in [4.69, 9.17) is 4.74 Å². The Labute approximate surface area is 129 Å². The number of ether oxygens (including phenoxy) is 1. The van der Waals surface area contributed by atoms with Crippen molar-refractivity contribution in [3.63, 3.8) is 0 Å². The van der Waals surface area contributed by atoms with Gasteiger partial charge in [-0.05, 0) is 24.3 Å². The summed E-state index contributed by atoms with van der Waals surface area (Å²) in [5.74, 6) is 0. The maximum absolute atomic E-state index is 12.0. The van der Waals surface area contributed by atoms with E-state index in [1.54, 1.807) is 19.2 Å². The lowest BCUT2D eigenvalue weighted by Crippen LogP contribution is -2.29. The number of rotatable bonds is 8. The van der Waals surface area contributed by atoms with Gasteiger partial charge in [-0.3, -0.25) is 0 Å². The quantitative estimate of drug-likeness (QED) is 0.659. The molecule has 5 nitrogen and oxygen atoms in total. The summed E-state index contributed by atoms with van der Waals surface area (Å²) in [6, 6.07) is 6.93. The zero-order valence-electron chi connectivity index (χ0n) is 12.0. The summed E-state index contributed by atoms with van der Waals surface area (Å²) < 4.78 is 30.3. The second-order valence-electron chi connectivity index (χ2n) is 4.45. The van der Waals surface area contributed by atoms with Gasteiger partial charge in [-0.25, -0.2) is 12.7 Å². The number of halogens is 1. The molecule has 0 N–H and O–H groups in total. The Morgan fingerprint density at radius 2 is 1.75 bits per heavy atom. The van der Waals surface area contributed by atoms with Crippen LogP contribution in [-0.4, -0.2) is 59.0 Å². The van der Waals surface area contributed by atoms with Crippen LogP contribution in [-0.2, 0) is 14.8 Å². The number of anilines is 1. The molecular formula is C13H21BrN2O3S. The predicted octanol–water partition coefficient (Wildman–Crippen LogP) is 1.78. The molecule has 0 aliphatic carbocycles. The second kappa shape index (κ2) is 7.97. The minimum absolute atomic E-state index is 0.303. The van der Waals surface area contributed by atoms with Crippen LogP contribution in [0.15, 0.2) is 29.2 Å². The first-order valence-electron chi connectivity index (χ1n) is 6.26. The van der Waals surface area contributed by atoms with Crippen LogP contribution in [0.5, 0.6) is 0 Å². The highest BCUT2D eigenvalue weighted by molar-refractivity contribution is 9.09. The first-order valence-corrected chi connectivity index (χ1v) is 8.82. The summed E-state index contributed by atoms with van der Waals surface area (Å²) >= 11 is 3.42. The maximum atomic E-state index is 12.0. The third kappa shape index (κ3) is 4.44. The molecule has 0 radical (unpaired) electrons. The zero-order chi connectivity index (χ0) is 15.2. The zero-order valence-corrected chi connectivity index (χ0v) is 14.4. The summed E-state index contributed by atoms with van der Waals surface area (Å²) in [4.78, 5) is 2.45. The fraction of sp³-hybridized carbons (Fsp3) is 0.538. The van der Waals surface area contributed by atoms with Crippen molar-refractivity contribution in [1.82, 2.24) is 4.31 Å². The van der Waals surface area contributed by atoms with E-state index in [9.17, 15) is 8.42 Å². The largest absolute Gasteiger partial charge is 0.383 e. The number of methoxy groups -OCH3 is 1. The molecule has 1 aromatic carbocycles. The van der Waals surface area contributed by atoms with E-state index in [1.165, 1.54) is 18.4 Å². The molecule has 0 saturated heterocycles. The van der Waals surface area contributed by atoms with E-state index in [1.807, 2.05) is 12.1 Å². The molecule has 1 aromatic rings. The molecule has 0 aromatic heterocycles. The predicted molar refractivity (Wildman–Crippen MR) is 85.2 cm³/mol. The van der Waals surface area contributed by atoms with Crippen LogP contribution >= 0.6 is 15.9 Å². The van der Waals surface area contributed by atoms with E-state index >= 15 is 0 Å². The van der Waals surface area contributed by atoms with E-state index in [0.29, 0.717) is 11.5 Å². The number of nitrogens with zero attached hydrogens (tertiary/aromatic N) is 2. The molecule has 0 aliphatic heterocycles. The SMILES string of the molecule is COCCN(CCBr)c1ccc(S(=O)(=O)N(C)C)cc1. The third-order valence-corrected chi connectivity index (χ3v) is 5.08. The first kappa shape index (κ1) is 17.4. The summed E-state index contributed by atoms with van der Waals surface area (Å²) in [6.45, 7) is 2.23. The molecule has 0 bridgehead atoms. The molecular weight excluding hydrogens is 344 g/mol. The highest BCUT2D eigenvalue weighted by atomic mass is 79.9. The molecule has 0 atom stereocenters. The standard InChI is InChI=1S/C13H21BrN2O3S/c1-15(2)20(17,18)13-6-4-12(5-7-13)16(9-8-14)10-11-19-3/h4-7H,8-11H2,1-3H3. The van der Waals surface area contributed by atoms with E-state index in [-0.39, 0.29) is 0 Å². The monoisotopic (exact) mass is 364 g/mol. The van der Waals surface area contributed by atoms with Crippen LogP contribution in [0.25, 0.3) is 0 Å². The molecule has 20 heavy (non-hydrogen) atoms. The molecule has 1 rings (SSSR count). The Balaban J connectivity index is 2.93. The Hall–Kier alpha value is -0.630. The van der Waals surface area contributed by atoms with Gasteiger partial charge in [0.05, 0.1) is 11.5 Å². The highest BCUT2D eigenvalue weighted by Crippen LogP contribution is 2.19. The lowest BCUT2D eigenvalue weighted by atomic mass is 10.3. The van der Waals surface area contributed by atoms with Gasteiger partial charge in [0, 0.05) is 45.3 Å². The highest BCUT2D eigenvalue weighted by Gasteiger charge is 2.17. The van der Waals surface area contributed by atoms with Crippen LogP contribution < -0.4 is 4.90 Å². The van der Waals surface area contributed by atoms with Crippen molar-refractivity contribution >= 4 is 31.6 Å². The fourth-order valence-corrected chi connectivity index (χ4v) is 3.04. The summed E-state index contributed by atoms with van der Waals surface area (Å²) in [7, 11) is 1.35. The average molecular weight is 365 g/mol. The van der Waals surface area contributed by atoms with E-state index in [0.717, 1.165) is 24.1 Å². The summed E-state index contributed by atoms with van der Waals surface area (Å²) in [5, 5.41) is 0.842. The van der Waals surface area contributed by atoms with Crippen LogP contribution in [0, 0.1) is 0 Å². The van der Waals surface area contributed by atoms with Crippen LogP contribution in [0.2, 0.25) is 0 Å². The molecule has 0 spiro atoms. The number of hydrogen-bond acceptors (Lipinski definition) is 4. The van der Waals surface area contributed by atoms with Gasteiger partial charge in [0.2, 0.25) is 10.0 Å². The van der Waals surface area contributed by atoms with Crippen molar-refractivity contribution in [1.29, 1.82) is 0 Å². The number of hydrogen-bond donors (Lipinski definition) is 0. The van der Waals surface area contributed by atoms with Gasteiger partial charge in [-0.15, -0.1) is 0 Å². The van der Waals surface area contributed by atoms with Crippen molar-refractivity contribution in [2.24, 2.45) is 0 Å². The van der Waals surface area contributed by atoms with Gasteiger partial charge in [0.15, 0.2) is 0 Å². The van der Waals surface area contributed by atoms with E-state index in [2.05, 4.69) is 20.8 Å². The summed E-state index contributed by atoms with van der Waals surface area (Å²) in [5.41, 5.74) is 0.985. The second-order valence-corrected chi connectivity index (χ2v) is 7.39. The van der Waals surface area contributed by atoms with Gasteiger partial charge >= 0.3 is 0 Å². The number of alkyl halides is 1. The summed E-state index contributed by atoms with van der Waals surface area (Å²) in [6.07, 6.45) is 0. The molecule has 0 aliphatic rings. The molecule has 0 unspecified atom stereocenters. The lowest BCUT2D eigenvalue weighted by Gasteiger charge is -2.24. The molecule has 114 valence electrons. The smallest absolute Gasteiger partial charge is 0.242 e. The van der Waals surface area contributed by atoms with Crippen molar-refractivity contribution < 1.29 is 13.2 Å². The molecule has 0 fully saturated rings. The average Bonchev–Trinajstić information content (AvgIpc) is 2.43. The van der Waals surface area contributed by atoms with Gasteiger partial charge < -0.3 is 9.64 Å². The third-order valence-electron chi connectivity index (χ3n) is 2.90. The lowest BCUT2D eigenvalue weighted by molar-refractivity contribution is 0.205. The topological polar surface area (TPSA) is 49.9 Å². The number of sulfonamides is 1. The molecule has 0 amide bonds. The minimum atomic E-state index is -3.37. The van der Waals surface area contributed by atoms with Gasteiger partial charge in [-0.1, -0.05) is 15.9 Å². The van der Waals surface area contributed by atoms with Crippen molar-refractivity contribution in [3.05, 3.63) is 24.3 Å². The van der Waals surface area contributed by atoms with Crippen molar-refractivity contribution in [3.8, 4) is 0 Å². The minimum Gasteiger partial charge on any atom is -0.383 e. The Morgan fingerprint density at radius 1 is 1.15 bits per heavy atom. The Morgan fingerprint density at radius 3 is 2.20 bits per heavy atom. The van der Waals surface area contributed by atoms with Crippen molar-refractivity contribution in [2.45, 2.75) is 4.90 Å². The van der Waals surface area contributed by atoms with Crippen LogP contribution in [0.1, 0.15) is 0 Å². The normalized spacial score (nSPS) is 11.8. The fourth-order valence-electron chi connectivity index (χ4n) is 1.71. The van der Waals surface area contributed by atoms with Gasteiger partial charge in [0.25, 0.3) is 0 Å². The van der Waals surface area contributed by atoms with Gasteiger partial charge in [-0.2, -0.15) is 0 Å². The van der Waals surface area contributed by atoms with Crippen LogP contribution in [0.3, 0.4) is 0 Å². The molecule has 0 heterocycles.